The fourth-order valence-corrected chi connectivity index (χ4v) is 1.49. The van der Waals surface area contributed by atoms with Gasteiger partial charge in [-0.05, 0) is 6.42 Å². The number of urea groups is 1. The van der Waals surface area contributed by atoms with Crippen LogP contribution in [0, 0.1) is 0 Å². The molecule has 0 aromatic heterocycles. The van der Waals surface area contributed by atoms with Gasteiger partial charge >= 0.3 is 12.0 Å². The average molecular weight is 250 g/mol. The van der Waals surface area contributed by atoms with Gasteiger partial charge in [0.1, 0.15) is 6.54 Å². The van der Waals surface area contributed by atoms with Crippen molar-refractivity contribution in [2.24, 2.45) is 0 Å². The summed E-state index contributed by atoms with van der Waals surface area (Å²) in [6, 6.07) is -0.422. The maximum Gasteiger partial charge on any atom is 0.323 e. The van der Waals surface area contributed by atoms with Gasteiger partial charge in [0.05, 0.1) is 0 Å². The lowest BCUT2D eigenvalue weighted by Gasteiger charge is -2.20. The Labute approximate surface area is 97.5 Å². The topological polar surface area (TPSA) is 86.7 Å². The number of aliphatic carboxylic acids is 1. The number of hydrogen-bond acceptors (Lipinski definition) is 3. The molecule has 0 fully saturated rings. The lowest BCUT2D eigenvalue weighted by atomic mass is 10.4. The van der Waals surface area contributed by atoms with Crippen molar-refractivity contribution in [2.75, 3.05) is 31.6 Å². The van der Waals surface area contributed by atoms with Gasteiger partial charge in [0.15, 0.2) is 0 Å². The van der Waals surface area contributed by atoms with Crippen LogP contribution in [0.3, 0.4) is 0 Å². The molecule has 1 unspecified atom stereocenters. The van der Waals surface area contributed by atoms with Crippen molar-refractivity contribution in [3.63, 3.8) is 0 Å². The van der Waals surface area contributed by atoms with Crippen molar-refractivity contribution in [3.05, 3.63) is 0 Å². The largest absolute Gasteiger partial charge is 0.480 e. The van der Waals surface area contributed by atoms with E-state index in [-0.39, 0.29) is 6.54 Å². The zero-order valence-corrected chi connectivity index (χ0v) is 10.4. The molecule has 0 aromatic carbocycles. The smallest absolute Gasteiger partial charge is 0.323 e. The fraction of sp³-hybridized carbons (Fsp3) is 0.778. The number of carbonyl (C=O) groups is 2. The molecule has 0 aliphatic rings. The van der Waals surface area contributed by atoms with E-state index in [1.807, 2.05) is 6.92 Å². The Kier molecular flexibility index (Phi) is 7.53. The molecule has 16 heavy (non-hydrogen) atoms. The van der Waals surface area contributed by atoms with Crippen LogP contribution in [-0.4, -0.2) is 57.9 Å². The molecule has 94 valence electrons. The molecule has 6 nitrogen and oxygen atoms in total. The van der Waals surface area contributed by atoms with Gasteiger partial charge in [-0.1, -0.05) is 6.92 Å². The molecule has 7 heteroatoms. The fourth-order valence-electron chi connectivity index (χ4n) is 1.10. The van der Waals surface area contributed by atoms with Gasteiger partial charge in [-0.3, -0.25) is 9.00 Å². The molecule has 1 atom stereocenters. The molecule has 0 bridgehead atoms. The van der Waals surface area contributed by atoms with Crippen molar-refractivity contribution in [3.8, 4) is 0 Å². The van der Waals surface area contributed by atoms with Crippen LogP contribution in [0.15, 0.2) is 0 Å². The summed E-state index contributed by atoms with van der Waals surface area (Å²) < 4.78 is 10.8. The number of carboxylic acids is 1. The second-order valence-corrected chi connectivity index (χ2v) is 4.88. The number of nitrogens with zero attached hydrogens (tertiary/aromatic N) is 1. The summed E-state index contributed by atoms with van der Waals surface area (Å²) in [5.41, 5.74) is 0. The molecule has 0 saturated heterocycles. The summed E-state index contributed by atoms with van der Waals surface area (Å²) in [6.07, 6.45) is 2.24. The van der Waals surface area contributed by atoms with Crippen LogP contribution < -0.4 is 5.32 Å². The normalized spacial score (nSPS) is 11.9. The Hall–Kier alpha value is -1.11. The van der Waals surface area contributed by atoms with Crippen LogP contribution in [0.1, 0.15) is 13.3 Å². The number of hydrogen-bond donors (Lipinski definition) is 2. The third-order valence-electron chi connectivity index (χ3n) is 1.77. The Balaban J connectivity index is 4.05. The maximum atomic E-state index is 11.5. The maximum absolute atomic E-state index is 11.5. The predicted molar refractivity (Wildman–Crippen MR) is 61.8 cm³/mol. The highest BCUT2D eigenvalue weighted by molar-refractivity contribution is 7.84. The van der Waals surface area contributed by atoms with E-state index in [0.717, 1.165) is 0 Å². The monoisotopic (exact) mass is 250 g/mol. The van der Waals surface area contributed by atoms with Crippen LogP contribution in [-0.2, 0) is 15.6 Å². The van der Waals surface area contributed by atoms with E-state index in [0.29, 0.717) is 25.3 Å². The lowest BCUT2D eigenvalue weighted by molar-refractivity contribution is -0.137. The molecular weight excluding hydrogens is 232 g/mol. The van der Waals surface area contributed by atoms with Crippen LogP contribution in [0.4, 0.5) is 4.79 Å². The van der Waals surface area contributed by atoms with E-state index in [1.54, 1.807) is 6.26 Å². The highest BCUT2D eigenvalue weighted by Crippen LogP contribution is 1.92. The van der Waals surface area contributed by atoms with Crippen LogP contribution in [0.2, 0.25) is 0 Å². The number of nitrogens with one attached hydrogen (secondary N) is 1. The molecule has 0 radical (unpaired) electrons. The van der Waals surface area contributed by atoms with Crippen LogP contribution >= 0.6 is 0 Å². The first kappa shape index (κ1) is 14.9. The Morgan fingerprint density at radius 2 is 2.06 bits per heavy atom. The molecule has 2 N–H and O–H groups in total. The summed E-state index contributed by atoms with van der Waals surface area (Å²) in [4.78, 5) is 23.2. The summed E-state index contributed by atoms with van der Waals surface area (Å²) in [5.74, 6) is -0.665. The first-order chi connectivity index (χ1) is 7.47. The van der Waals surface area contributed by atoms with E-state index in [2.05, 4.69) is 5.32 Å². The zero-order chi connectivity index (χ0) is 12.6. The van der Waals surface area contributed by atoms with Gasteiger partial charge in [-0.15, -0.1) is 0 Å². The molecule has 0 saturated carbocycles. The van der Waals surface area contributed by atoms with Crippen LogP contribution in [0.5, 0.6) is 0 Å². The van der Waals surface area contributed by atoms with E-state index in [1.165, 1.54) is 4.90 Å². The van der Waals surface area contributed by atoms with Gasteiger partial charge < -0.3 is 15.3 Å². The molecule has 0 aliphatic heterocycles. The van der Waals surface area contributed by atoms with Gasteiger partial charge in [-0.25, -0.2) is 4.79 Å². The van der Waals surface area contributed by atoms with Gasteiger partial charge in [0.2, 0.25) is 0 Å². The van der Waals surface area contributed by atoms with E-state index >= 15 is 0 Å². The third-order valence-corrected chi connectivity index (χ3v) is 2.55. The molecule has 0 spiro atoms. The van der Waals surface area contributed by atoms with E-state index in [9.17, 15) is 13.8 Å². The highest BCUT2D eigenvalue weighted by Gasteiger charge is 2.14. The minimum atomic E-state index is -1.04. The first-order valence-corrected chi connectivity index (χ1v) is 6.74. The molecular formula is C9H18N2O4S. The molecule has 2 amide bonds. The quantitative estimate of drug-likeness (QED) is 0.659. The second-order valence-electron chi connectivity index (χ2n) is 3.32. The minimum Gasteiger partial charge on any atom is -0.480 e. The molecule has 0 heterocycles. The van der Waals surface area contributed by atoms with Crippen molar-refractivity contribution in [1.29, 1.82) is 0 Å². The molecule has 0 aromatic rings. The number of amides is 2. The number of carboxylic acid groups (broad SMARTS) is 1. The molecule has 0 rings (SSSR count). The number of rotatable bonds is 7. The van der Waals surface area contributed by atoms with Crippen molar-refractivity contribution >= 4 is 22.8 Å². The first-order valence-electron chi connectivity index (χ1n) is 5.02. The van der Waals surface area contributed by atoms with E-state index < -0.39 is 22.8 Å². The second kappa shape index (κ2) is 8.09. The zero-order valence-electron chi connectivity index (χ0n) is 9.56. The van der Waals surface area contributed by atoms with Crippen molar-refractivity contribution in [2.45, 2.75) is 13.3 Å². The van der Waals surface area contributed by atoms with Gasteiger partial charge in [-0.2, -0.15) is 0 Å². The van der Waals surface area contributed by atoms with Gasteiger partial charge in [0.25, 0.3) is 0 Å². The SMILES string of the molecule is CCCN(CC(=O)O)C(=O)NCCS(C)=O. The van der Waals surface area contributed by atoms with E-state index in [4.69, 9.17) is 5.11 Å². The van der Waals surface area contributed by atoms with Crippen LogP contribution in [0.25, 0.3) is 0 Å². The van der Waals surface area contributed by atoms with Crippen molar-refractivity contribution in [1.82, 2.24) is 10.2 Å². The lowest BCUT2D eigenvalue weighted by Crippen LogP contribution is -2.44. The summed E-state index contributed by atoms with van der Waals surface area (Å²) in [5, 5.41) is 11.1. The van der Waals surface area contributed by atoms with Crippen molar-refractivity contribution < 1.29 is 18.9 Å². The summed E-state index contributed by atoms with van der Waals surface area (Å²) in [6.45, 7) is 2.24. The Morgan fingerprint density at radius 3 is 2.50 bits per heavy atom. The standard InChI is InChI=1S/C9H18N2O4S/c1-3-5-11(7-8(12)13)9(14)10-4-6-16(2)15/h3-7H2,1-2H3,(H,10,14)(H,12,13). The third kappa shape index (κ3) is 7.22. The summed E-state index contributed by atoms with van der Waals surface area (Å²) >= 11 is 0. The predicted octanol–water partition coefficient (Wildman–Crippen LogP) is -0.129. The number of carbonyl (C=O) groups excluding carboxylic acids is 1. The Morgan fingerprint density at radius 1 is 1.44 bits per heavy atom. The minimum absolute atomic E-state index is 0.293. The highest BCUT2D eigenvalue weighted by atomic mass is 32.2. The average Bonchev–Trinajstić information content (AvgIpc) is 2.15. The molecule has 0 aliphatic carbocycles. The van der Waals surface area contributed by atoms with Gasteiger partial charge in [0, 0.05) is 35.9 Å². The Bertz CT molecular complexity index is 270. The summed E-state index contributed by atoms with van der Waals surface area (Å²) in [7, 11) is -0.959.